The first kappa shape index (κ1) is 6.87. The molecular formula is C6H9ClO2. The summed E-state index contributed by atoms with van der Waals surface area (Å²) in [5, 5.41) is 0.0454. The Morgan fingerprint density at radius 1 is 1.89 bits per heavy atom. The van der Waals surface area contributed by atoms with Crippen LogP contribution >= 0.6 is 11.6 Å². The molecule has 0 unspecified atom stereocenters. The van der Waals surface area contributed by atoms with E-state index in [0.29, 0.717) is 6.61 Å². The van der Waals surface area contributed by atoms with E-state index in [0.717, 1.165) is 6.42 Å². The van der Waals surface area contributed by atoms with Crippen LogP contribution in [0.5, 0.6) is 0 Å². The molecule has 0 radical (unpaired) electrons. The number of hydrogen-bond acceptors (Lipinski definition) is 2. The van der Waals surface area contributed by atoms with E-state index in [1.54, 1.807) is 6.92 Å². The van der Waals surface area contributed by atoms with E-state index in [1.165, 1.54) is 0 Å². The topological polar surface area (TPSA) is 26.3 Å². The van der Waals surface area contributed by atoms with Crippen LogP contribution in [0.3, 0.4) is 0 Å². The third-order valence-corrected chi connectivity index (χ3v) is 1.78. The number of ether oxygens (including phenoxy) is 1. The van der Waals surface area contributed by atoms with E-state index >= 15 is 0 Å². The number of esters is 1. The molecule has 0 heterocycles. The number of hydrogen-bond donors (Lipinski definition) is 0. The van der Waals surface area contributed by atoms with Crippen molar-refractivity contribution in [2.24, 2.45) is 5.92 Å². The van der Waals surface area contributed by atoms with Crippen LogP contribution in [0.25, 0.3) is 0 Å². The molecule has 9 heavy (non-hydrogen) atoms. The minimum absolute atomic E-state index is 0.00776. The molecule has 52 valence electrons. The molecule has 0 aliphatic heterocycles. The lowest BCUT2D eigenvalue weighted by atomic mass is 10.4. The minimum atomic E-state index is -0.141. The summed E-state index contributed by atoms with van der Waals surface area (Å²) in [6.45, 7) is 2.25. The first-order valence-corrected chi connectivity index (χ1v) is 3.50. The van der Waals surface area contributed by atoms with Gasteiger partial charge < -0.3 is 4.74 Å². The summed E-state index contributed by atoms with van der Waals surface area (Å²) in [4.78, 5) is 10.7. The van der Waals surface area contributed by atoms with Crippen molar-refractivity contribution in [1.29, 1.82) is 0 Å². The monoisotopic (exact) mass is 148 g/mol. The van der Waals surface area contributed by atoms with Crippen molar-refractivity contribution in [2.45, 2.75) is 18.7 Å². The highest BCUT2D eigenvalue weighted by molar-refractivity contribution is 6.24. The molecule has 1 aliphatic carbocycles. The van der Waals surface area contributed by atoms with E-state index < -0.39 is 0 Å². The predicted molar refractivity (Wildman–Crippen MR) is 34.4 cm³/mol. The highest BCUT2D eigenvalue weighted by Crippen LogP contribution is 2.36. The molecule has 0 aromatic heterocycles. The van der Waals surface area contributed by atoms with Gasteiger partial charge in [0.25, 0.3) is 0 Å². The number of alkyl halides is 1. The Morgan fingerprint density at radius 3 is 2.78 bits per heavy atom. The number of halogens is 1. The van der Waals surface area contributed by atoms with Crippen LogP contribution in [-0.4, -0.2) is 18.0 Å². The van der Waals surface area contributed by atoms with E-state index in [-0.39, 0.29) is 17.3 Å². The van der Waals surface area contributed by atoms with E-state index in [4.69, 9.17) is 16.3 Å². The third kappa shape index (κ3) is 1.58. The lowest BCUT2D eigenvalue weighted by molar-refractivity contribution is -0.144. The summed E-state index contributed by atoms with van der Waals surface area (Å²) in [6.07, 6.45) is 0.792. The molecule has 1 fully saturated rings. The van der Waals surface area contributed by atoms with Gasteiger partial charge >= 0.3 is 5.97 Å². The second-order valence-electron chi connectivity index (χ2n) is 2.11. The average molecular weight is 149 g/mol. The van der Waals surface area contributed by atoms with Gasteiger partial charge in [0, 0.05) is 5.38 Å². The summed E-state index contributed by atoms with van der Waals surface area (Å²) in [7, 11) is 0. The van der Waals surface area contributed by atoms with Crippen LogP contribution in [0, 0.1) is 5.92 Å². The second-order valence-corrected chi connectivity index (χ2v) is 2.67. The maximum absolute atomic E-state index is 10.7. The Balaban J connectivity index is 2.20. The minimum Gasteiger partial charge on any atom is -0.466 e. The van der Waals surface area contributed by atoms with Gasteiger partial charge in [-0.3, -0.25) is 4.79 Å². The third-order valence-electron chi connectivity index (χ3n) is 1.30. The molecule has 1 saturated carbocycles. The van der Waals surface area contributed by atoms with Crippen molar-refractivity contribution in [3.05, 3.63) is 0 Å². The fourth-order valence-corrected chi connectivity index (χ4v) is 0.952. The lowest BCUT2D eigenvalue weighted by Gasteiger charge is -1.96. The zero-order valence-corrected chi connectivity index (χ0v) is 6.02. The van der Waals surface area contributed by atoms with E-state index in [9.17, 15) is 4.79 Å². The Labute approximate surface area is 59.1 Å². The van der Waals surface area contributed by atoms with Crippen molar-refractivity contribution in [2.75, 3.05) is 6.61 Å². The first-order chi connectivity index (χ1) is 4.25. The highest BCUT2D eigenvalue weighted by atomic mass is 35.5. The Hall–Kier alpha value is -0.240. The number of carbonyl (C=O) groups is 1. The highest BCUT2D eigenvalue weighted by Gasteiger charge is 2.42. The van der Waals surface area contributed by atoms with Gasteiger partial charge in [-0.2, -0.15) is 0 Å². The summed E-state index contributed by atoms with van der Waals surface area (Å²) < 4.78 is 4.71. The van der Waals surface area contributed by atoms with E-state index in [1.807, 2.05) is 0 Å². The van der Waals surface area contributed by atoms with Crippen molar-refractivity contribution in [3.63, 3.8) is 0 Å². The van der Waals surface area contributed by atoms with Gasteiger partial charge in [0.1, 0.15) is 0 Å². The molecule has 1 aliphatic rings. The van der Waals surface area contributed by atoms with Crippen molar-refractivity contribution in [3.8, 4) is 0 Å². The Morgan fingerprint density at radius 2 is 2.44 bits per heavy atom. The summed E-state index contributed by atoms with van der Waals surface area (Å²) in [5.74, 6) is -0.149. The predicted octanol–water partition coefficient (Wildman–Crippen LogP) is 1.18. The lowest BCUT2D eigenvalue weighted by Crippen LogP contribution is -2.07. The normalized spacial score (nSPS) is 31.8. The van der Waals surface area contributed by atoms with Crippen LogP contribution in [0.4, 0.5) is 0 Å². The first-order valence-electron chi connectivity index (χ1n) is 3.06. The Kier molecular flexibility index (Phi) is 1.96. The second kappa shape index (κ2) is 2.56. The van der Waals surface area contributed by atoms with Gasteiger partial charge in [0.15, 0.2) is 0 Å². The molecular weight excluding hydrogens is 140 g/mol. The van der Waals surface area contributed by atoms with Gasteiger partial charge in [0.05, 0.1) is 12.5 Å². The zero-order chi connectivity index (χ0) is 6.85. The van der Waals surface area contributed by atoms with Crippen LogP contribution in [0.15, 0.2) is 0 Å². The molecule has 0 aromatic carbocycles. The van der Waals surface area contributed by atoms with Gasteiger partial charge in [-0.15, -0.1) is 11.6 Å². The zero-order valence-electron chi connectivity index (χ0n) is 5.26. The maximum Gasteiger partial charge on any atom is 0.310 e. The van der Waals surface area contributed by atoms with Crippen LogP contribution < -0.4 is 0 Å². The fourth-order valence-electron chi connectivity index (χ4n) is 0.657. The molecule has 0 aromatic rings. The standard InChI is InChI=1S/C6H9ClO2/c1-2-9-6(8)4-3-5(4)7/h4-5H,2-3H2,1H3/t4-,5-/m0/s1. The van der Waals surface area contributed by atoms with Gasteiger partial charge in [-0.25, -0.2) is 0 Å². The molecule has 0 spiro atoms. The van der Waals surface area contributed by atoms with Gasteiger partial charge in [0.2, 0.25) is 0 Å². The Bertz CT molecular complexity index is 124. The fraction of sp³-hybridized carbons (Fsp3) is 0.833. The van der Waals surface area contributed by atoms with Crippen molar-refractivity contribution >= 4 is 17.6 Å². The molecule has 2 atom stereocenters. The summed E-state index contributed by atoms with van der Waals surface area (Å²) >= 11 is 5.58. The summed E-state index contributed by atoms with van der Waals surface area (Å²) in [5.41, 5.74) is 0. The molecule has 0 bridgehead atoms. The molecule has 0 amide bonds. The molecule has 3 heteroatoms. The smallest absolute Gasteiger partial charge is 0.310 e. The molecule has 2 nitrogen and oxygen atoms in total. The molecule has 0 N–H and O–H groups in total. The van der Waals surface area contributed by atoms with Crippen molar-refractivity contribution < 1.29 is 9.53 Å². The van der Waals surface area contributed by atoms with Gasteiger partial charge in [-0.05, 0) is 13.3 Å². The van der Waals surface area contributed by atoms with Crippen LogP contribution in [-0.2, 0) is 9.53 Å². The van der Waals surface area contributed by atoms with Crippen molar-refractivity contribution in [1.82, 2.24) is 0 Å². The number of carbonyl (C=O) groups excluding carboxylic acids is 1. The average Bonchev–Trinajstić information content (AvgIpc) is 2.47. The van der Waals surface area contributed by atoms with E-state index in [2.05, 4.69) is 0 Å². The maximum atomic E-state index is 10.7. The van der Waals surface area contributed by atoms with Crippen LogP contribution in [0.2, 0.25) is 0 Å². The largest absolute Gasteiger partial charge is 0.466 e. The number of rotatable bonds is 2. The molecule has 1 rings (SSSR count). The summed E-state index contributed by atoms with van der Waals surface area (Å²) in [6, 6.07) is 0. The molecule has 0 saturated heterocycles. The SMILES string of the molecule is CCOC(=O)[C@H]1C[C@@H]1Cl. The van der Waals surface area contributed by atoms with Crippen LogP contribution in [0.1, 0.15) is 13.3 Å². The quantitative estimate of drug-likeness (QED) is 0.434. The van der Waals surface area contributed by atoms with Gasteiger partial charge in [-0.1, -0.05) is 0 Å².